The van der Waals surface area contributed by atoms with Crippen LogP contribution in [0.25, 0.3) is 0 Å². The predicted molar refractivity (Wildman–Crippen MR) is 72.4 cm³/mol. The van der Waals surface area contributed by atoms with Crippen molar-refractivity contribution in [1.82, 2.24) is 0 Å². The maximum absolute atomic E-state index is 11.9. The molecule has 1 aromatic carbocycles. The molecule has 4 nitrogen and oxygen atoms in total. The Balaban J connectivity index is 2.67. The third kappa shape index (κ3) is 4.55. The lowest BCUT2D eigenvalue weighted by atomic mass is 10.2. The standard InChI is InChI=1S/C13H18ClNO3/c1-3-15-12-6-5-10(14)9-11(12)13(16)18-8-7-17-4-2/h5-6,9,15H,3-4,7-8H2,1-2H3. The van der Waals surface area contributed by atoms with Gasteiger partial charge in [-0.05, 0) is 32.0 Å². The van der Waals surface area contributed by atoms with Gasteiger partial charge in [0.2, 0.25) is 0 Å². The number of nitrogens with one attached hydrogen (secondary N) is 1. The fourth-order valence-electron chi connectivity index (χ4n) is 1.45. The minimum atomic E-state index is -0.395. The van der Waals surface area contributed by atoms with Crippen LogP contribution in [0, 0.1) is 0 Å². The van der Waals surface area contributed by atoms with Crippen molar-refractivity contribution in [3.63, 3.8) is 0 Å². The van der Waals surface area contributed by atoms with Gasteiger partial charge in [-0.3, -0.25) is 0 Å². The Hall–Kier alpha value is -1.26. The summed E-state index contributed by atoms with van der Waals surface area (Å²) in [6.45, 7) is 5.82. The first-order valence-corrected chi connectivity index (χ1v) is 6.35. The maximum Gasteiger partial charge on any atom is 0.340 e. The van der Waals surface area contributed by atoms with Gasteiger partial charge in [-0.1, -0.05) is 11.6 Å². The molecule has 0 heterocycles. The molecule has 0 unspecified atom stereocenters. The van der Waals surface area contributed by atoms with Gasteiger partial charge in [0.05, 0.1) is 12.2 Å². The van der Waals surface area contributed by atoms with Crippen LogP contribution in [0.5, 0.6) is 0 Å². The molecule has 1 rings (SSSR count). The topological polar surface area (TPSA) is 47.6 Å². The highest BCUT2D eigenvalue weighted by Gasteiger charge is 2.13. The van der Waals surface area contributed by atoms with Crippen LogP contribution in [0.2, 0.25) is 5.02 Å². The van der Waals surface area contributed by atoms with Crippen molar-refractivity contribution in [2.45, 2.75) is 13.8 Å². The van der Waals surface area contributed by atoms with Crippen LogP contribution >= 0.6 is 11.6 Å². The summed E-state index contributed by atoms with van der Waals surface area (Å²) in [5.74, 6) is -0.395. The second-order valence-electron chi connectivity index (χ2n) is 3.55. The average molecular weight is 272 g/mol. The maximum atomic E-state index is 11.9. The highest BCUT2D eigenvalue weighted by molar-refractivity contribution is 6.31. The third-order valence-corrected chi connectivity index (χ3v) is 2.47. The van der Waals surface area contributed by atoms with Gasteiger partial charge in [-0.2, -0.15) is 0 Å². The highest BCUT2D eigenvalue weighted by Crippen LogP contribution is 2.21. The molecule has 0 aliphatic rings. The Morgan fingerprint density at radius 1 is 1.33 bits per heavy atom. The minimum Gasteiger partial charge on any atom is -0.460 e. The Morgan fingerprint density at radius 2 is 2.11 bits per heavy atom. The van der Waals surface area contributed by atoms with Gasteiger partial charge in [-0.25, -0.2) is 4.79 Å². The first-order chi connectivity index (χ1) is 8.69. The summed E-state index contributed by atoms with van der Waals surface area (Å²) < 4.78 is 10.2. The Morgan fingerprint density at radius 3 is 2.78 bits per heavy atom. The summed E-state index contributed by atoms with van der Waals surface area (Å²) in [4.78, 5) is 11.9. The number of esters is 1. The van der Waals surface area contributed by atoms with E-state index in [0.717, 1.165) is 12.2 Å². The Labute approximate surface area is 112 Å². The molecular formula is C13H18ClNO3. The molecule has 5 heteroatoms. The number of benzene rings is 1. The van der Waals surface area contributed by atoms with E-state index in [-0.39, 0.29) is 6.61 Å². The highest BCUT2D eigenvalue weighted by atomic mass is 35.5. The van der Waals surface area contributed by atoms with Gasteiger partial charge in [0.1, 0.15) is 6.61 Å². The normalized spacial score (nSPS) is 10.2. The molecule has 0 aliphatic heterocycles. The average Bonchev–Trinajstić information content (AvgIpc) is 2.37. The van der Waals surface area contributed by atoms with Crippen LogP contribution in [0.3, 0.4) is 0 Å². The lowest BCUT2D eigenvalue weighted by Gasteiger charge is -2.11. The number of halogens is 1. The molecule has 0 atom stereocenters. The molecule has 0 saturated carbocycles. The van der Waals surface area contributed by atoms with Gasteiger partial charge in [0.15, 0.2) is 0 Å². The van der Waals surface area contributed by atoms with Gasteiger partial charge in [-0.15, -0.1) is 0 Å². The van der Waals surface area contributed by atoms with Crippen molar-refractivity contribution < 1.29 is 14.3 Å². The van der Waals surface area contributed by atoms with Crippen LogP contribution in [0.4, 0.5) is 5.69 Å². The van der Waals surface area contributed by atoms with Crippen LogP contribution < -0.4 is 5.32 Å². The number of anilines is 1. The number of ether oxygens (including phenoxy) is 2. The lowest BCUT2D eigenvalue weighted by molar-refractivity contribution is 0.0336. The van der Waals surface area contributed by atoms with Crippen molar-refractivity contribution in [2.24, 2.45) is 0 Å². The van der Waals surface area contributed by atoms with E-state index in [1.165, 1.54) is 0 Å². The molecule has 1 aromatic rings. The second kappa shape index (κ2) is 7.95. The zero-order valence-corrected chi connectivity index (χ0v) is 11.4. The third-order valence-electron chi connectivity index (χ3n) is 2.23. The molecule has 18 heavy (non-hydrogen) atoms. The predicted octanol–water partition coefficient (Wildman–Crippen LogP) is 2.97. The minimum absolute atomic E-state index is 0.241. The molecule has 0 aromatic heterocycles. The summed E-state index contributed by atoms with van der Waals surface area (Å²) in [6, 6.07) is 5.10. The molecule has 0 spiro atoms. The first kappa shape index (κ1) is 14.8. The molecular weight excluding hydrogens is 254 g/mol. The fraction of sp³-hybridized carbons (Fsp3) is 0.462. The quantitative estimate of drug-likeness (QED) is 0.612. The van der Waals surface area contributed by atoms with E-state index in [1.807, 2.05) is 13.8 Å². The summed E-state index contributed by atoms with van der Waals surface area (Å²) >= 11 is 5.88. The number of rotatable bonds is 7. The fourth-order valence-corrected chi connectivity index (χ4v) is 1.62. The van der Waals surface area contributed by atoms with Gasteiger partial charge >= 0.3 is 5.97 Å². The van der Waals surface area contributed by atoms with Crippen LogP contribution in [0.15, 0.2) is 18.2 Å². The Kier molecular flexibility index (Phi) is 6.54. The number of carbonyl (C=O) groups excluding carboxylic acids is 1. The largest absolute Gasteiger partial charge is 0.460 e. The van der Waals surface area contributed by atoms with E-state index >= 15 is 0 Å². The molecule has 0 radical (unpaired) electrons. The molecule has 0 saturated heterocycles. The van der Waals surface area contributed by atoms with Crippen molar-refractivity contribution in [3.8, 4) is 0 Å². The molecule has 0 fully saturated rings. The zero-order valence-electron chi connectivity index (χ0n) is 10.7. The summed E-state index contributed by atoms with van der Waals surface area (Å²) in [7, 11) is 0. The molecule has 100 valence electrons. The number of hydrogen-bond donors (Lipinski definition) is 1. The van der Waals surface area contributed by atoms with Crippen molar-refractivity contribution in [2.75, 3.05) is 31.7 Å². The smallest absolute Gasteiger partial charge is 0.340 e. The zero-order chi connectivity index (χ0) is 13.4. The van der Waals surface area contributed by atoms with E-state index in [1.54, 1.807) is 18.2 Å². The summed E-state index contributed by atoms with van der Waals surface area (Å²) in [5.41, 5.74) is 1.17. The SMILES string of the molecule is CCNc1ccc(Cl)cc1C(=O)OCCOCC. The first-order valence-electron chi connectivity index (χ1n) is 5.97. The van der Waals surface area contributed by atoms with E-state index in [4.69, 9.17) is 21.1 Å². The van der Waals surface area contributed by atoms with Gasteiger partial charge in [0.25, 0.3) is 0 Å². The van der Waals surface area contributed by atoms with Crippen molar-refractivity contribution in [3.05, 3.63) is 28.8 Å². The van der Waals surface area contributed by atoms with E-state index in [2.05, 4.69) is 5.32 Å². The van der Waals surface area contributed by atoms with Crippen LogP contribution in [-0.4, -0.2) is 32.3 Å². The molecule has 0 amide bonds. The van der Waals surface area contributed by atoms with Crippen LogP contribution in [-0.2, 0) is 9.47 Å². The lowest BCUT2D eigenvalue weighted by Crippen LogP contribution is -2.13. The van der Waals surface area contributed by atoms with E-state index < -0.39 is 5.97 Å². The van der Waals surface area contributed by atoms with Crippen LogP contribution in [0.1, 0.15) is 24.2 Å². The van der Waals surface area contributed by atoms with Gasteiger partial charge < -0.3 is 14.8 Å². The van der Waals surface area contributed by atoms with Gasteiger partial charge in [0, 0.05) is 23.9 Å². The van der Waals surface area contributed by atoms with E-state index in [9.17, 15) is 4.79 Å². The number of carbonyl (C=O) groups is 1. The second-order valence-corrected chi connectivity index (χ2v) is 3.99. The monoisotopic (exact) mass is 271 g/mol. The molecule has 1 N–H and O–H groups in total. The number of hydrogen-bond acceptors (Lipinski definition) is 4. The van der Waals surface area contributed by atoms with Crippen molar-refractivity contribution in [1.29, 1.82) is 0 Å². The Bertz CT molecular complexity index is 396. The molecule has 0 aliphatic carbocycles. The summed E-state index contributed by atoms with van der Waals surface area (Å²) in [5, 5.41) is 3.60. The van der Waals surface area contributed by atoms with E-state index in [0.29, 0.717) is 23.8 Å². The molecule has 0 bridgehead atoms. The van der Waals surface area contributed by atoms with Crippen molar-refractivity contribution >= 4 is 23.3 Å². The summed E-state index contributed by atoms with van der Waals surface area (Å²) in [6.07, 6.45) is 0.